The van der Waals surface area contributed by atoms with Crippen LogP contribution in [0.15, 0.2) is 49.1 Å². The summed E-state index contributed by atoms with van der Waals surface area (Å²) in [6.07, 6.45) is 9.08. The van der Waals surface area contributed by atoms with Crippen molar-refractivity contribution in [3.8, 4) is 0 Å². The summed E-state index contributed by atoms with van der Waals surface area (Å²) in [7, 11) is 0. The molecule has 6 heteroatoms. The molecule has 1 aliphatic rings. The van der Waals surface area contributed by atoms with Crippen molar-refractivity contribution in [2.75, 3.05) is 13.1 Å². The maximum Gasteiger partial charge on any atom is 0.255 e. The Morgan fingerprint density at radius 1 is 1.15 bits per heavy atom. The summed E-state index contributed by atoms with van der Waals surface area (Å²) in [5.41, 5.74) is 1.62. The number of hydrogen-bond acceptors (Lipinski definition) is 4. The van der Waals surface area contributed by atoms with Gasteiger partial charge in [-0.3, -0.25) is 19.6 Å². The number of nitrogens with one attached hydrogen (secondary N) is 1. The van der Waals surface area contributed by atoms with Crippen molar-refractivity contribution in [3.63, 3.8) is 0 Å². The SMILES string of the molecule is CC[C@H]1CN(C(=O)c2cccnc2)CC[C@H]1CC(=O)NCc1cccnc1. The number of likely N-dealkylation sites (tertiary alicyclic amines) is 1. The monoisotopic (exact) mass is 366 g/mol. The summed E-state index contributed by atoms with van der Waals surface area (Å²) in [5, 5.41) is 2.98. The zero-order valence-electron chi connectivity index (χ0n) is 15.7. The Morgan fingerprint density at radius 2 is 1.93 bits per heavy atom. The Morgan fingerprint density at radius 3 is 2.59 bits per heavy atom. The third-order valence-electron chi connectivity index (χ3n) is 5.27. The van der Waals surface area contributed by atoms with Crippen LogP contribution in [0.25, 0.3) is 0 Å². The van der Waals surface area contributed by atoms with Gasteiger partial charge in [0.05, 0.1) is 5.56 Å². The Balaban J connectivity index is 1.52. The Bertz CT molecular complexity index is 751. The number of carbonyl (C=O) groups is 2. The van der Waals surface area contributed by atoms with Crippen LogP contribution in [0, 0.1) is 11.8 Å². The Hall–Kier alpha value is -2.76. The maximum atomic E-state index is 12.7. The number of rotatable bonds is 6. The summed E-state index contributed by atoms with van der Waals surface area (Å²) in [5.74, 6) is 0.737. The molecule has 6 nitrogen and oxygen atoms in total. The van der Waals surface area contributed by atoms with Crippen molar-refractivity contribution in [2.24, 2.45) is 11.8 Å². The highest BCUT2D eigenvalue weighted by atomic mass is 16.2. The van der Waals surface area contributed by atoms with Gasteiger partial charge >= 0.3 is 0 Å². The van der Waals surface area contributed by atoms with Crippen molar-refractivity contribution in [1.29, 1.82) is 0 Å². The molecule has 2 amide bonds. The molecule has 3 rings (SSSR count). The summed E-state index contributed by atoms with van der Waals surface area (Å²) in [6.45, 7) is 4.01. The van der Waals surface area contributed by atoms with E-state index < -0.39 is 0 Å². The fourth-order valence-electron chi connectivity index (χ4n) is 3.68. The van der Waals surface area contributed by atoms with Crippen molar-refractivity contribution < 1.29 is 9.59 Å². The third kappa shape index (κ3) is 5.12. The molecule has 0 unspecified atom stereocenters. The summed E-state index contributed by atoms with van der Waals surface area (Å²) < 4.78 is 0. The van der Waals surface area contributed by atoms with Gasteiger partial charge in [0.2, 0.25) is 5.91 Å². The standard InChI is InChI=1S/C21H26N4O2/c1-2-17-15-25(21(27)19-6-4-9-23-14-19)10-7-18(17)11-20(26)24-13-16-5-3-8-22-12-16/h3-6,8-9,12,14,17-18H,2,7,10-11,13,15H2,1H3,(H,24,26)/t17-,18-/m0/s1. The van der Waals surface area contributed by atoms with Crippen LogP contribution in [0.4, 0.5) is 0 Å². The van der Waals surface area contributed by atoms with Crippen molar-refractivity contribution in [3.05, 3.63) is 60.2 Å². The lowest BCUT2D eigenvalue weighted by molar-refractivity contribution is -0.123. The summed E-state index contributed by atoms with van der Waals surface area (Å²) >= 11 is 0. The minimum atomic E-state index is 0.0287. The van der Waals surface area contributed by atoms with E-state index in [1.54, 1.807) is 36.9 Å². The second-order valence-corrected chi connectivity index (χ2v) is 7.05. The fraction of sp³-hybridized carbons (Fsp3) is 0.429. The summed E-state index contributed by atoms with van der Waals surface area (Å²) in [4.78, 5) is 35.0. The molecule has 3 heterocycles. The van der Waals surface area contributed by atoms with Gasteiger partial charge in [-0.25, -0.2) is 0 Å². The topological polar surface area (TPSA) is 75.2 Å². The van der Waals surface area contributed by atoms with Crippen LogP contribution in [0.2, 0.25) is 0 Å². The van der Waals surface area contributed by atoms with Crippen molar-refractivity contribution in [1.82, 2.24) is 20.2 Å². The average molecular weight is 366 g/mol. The molecule has 0 aliphatic carbocycles. The molecule has 2 atom stereocenters. The van der Waals surface area contributed by atoms with Crippen LogP contribution in [-0.2, 0) is 11.3 Å². The van der Waals surface area contributed by atoms with Gasteiger partial charge in [-0.2, -0.15) is 0 Å². The molecule has 1 N–H and O–H groups in total. The third-order valence-corrected chi connectivity index (χ3v) is 5.27. The minimum Gasteiger partial charge on any atom is -0.352 e. The van der Waals surface area contributed by atoms with Gasteiger partial charge < -0.3 is 10.2 Å². The van der Waals surface area contributed by atoms with E-state index in [0.29, 0.717) is 43.5 Å². The maximum absolute atomic E-state index is 12.7. The van der Waals surface area contributed by atoms with Crippen LogP contribution in [0.5, 0.6) is 0 Å². The van der Waals surface area contributed by atoms with E-state index in [4.69, 9.17) is 0 Å². The molecular formula is C21H26N4O2. The smallest absolute Gasteiger partial charge is 0.255 e. The van der Waals surface area contributed by atoms with Crippen molar-refractivity contribution in [2.45, 2.75) is 32.7 Å². The van der Waals surface area contributed by atoms with E-state index >= 15 is 0 Å². The van der Waals surface area contributed by atoms with Gasteiger partial charge in [0.25, 0.3) is 5.91 Å². The van der Waals surface area contributed by atoms with Gasteiger partial charge in [0, 0.05) is 50.8 Å². The number of hydrogen-bond donors (Lipinski definition) is 1. The highest BCUT2D eigenvalue weighted by molar-refractivity contribution is 5.94. The highest BCUT2D eigenvalue weighted by Gasteiger charge is 2.32. The van der Waals surface area contributed by atoms with E-state index in [1.165, 1.54) is 0 Å². The molecule has 142 valence electrons. The normalized spacial score (nSPS) is 19.5. The number of carbonyl (C=O) groups excluding carboxylic acids is 2. The number of pyridine rings is 2. The summed E-state index contributed by atoms with van der Waals surface area (Å²) in [6, 6.07) is 7.40. The number of nitrogens with zero attached hydrogens (tertiary/aromatic N) is 3. The van der Waals surface area contributed by atoms with Gasteiger partial charge in [-0.15, -0.1) is 0 Å². The van der Waals surface area contributed by atoms with E-state index in [-0.39, 0.29) is 11.8 Å². The molecule has 1 aliphatic heterocycles. The number of amides is 2. The average Bonchev–Trinajstić information content (AvgIpc) is 2.73. The Kier molecular flexibility index (Phi) is 6.52. The second kappa shape index (κ2) is 9.26. The van der Waals surface area contributed by atoms with Crippen molar-refractivity contribution >= 4 is 11.8 Å². The molecule has 1 fully saturated rings. The van der Waals surface area contributed by atoms with Crippen LogP contribution in [-0.4, -0.2) is 39.8 Å². The van der Waals surface area contributed by atoms with Gasteiger partial charge in [-0.1, -0.05) is 19.4 Å². The molecule has 0 spiro atoms. The Labute approximate surface area is 160 Å². The minimum absolute atomic E-state index is 0.0287. The molecule has 0 saturated carbocycles. The predicted molar refractivity (Wildman–Crippen MR) is 103 cm³/mol. The fourth-order valence-corrected chi connectivity index (χ4v) is 3.68. The first-order chi connectivity index (χ1) is 13.2. The molecule has 27 heavy (non-hydrogen) atoms. The first kappa shape index (κ1) is 19.0. The van der Waals surface area contributed by atoms with Crippen LogP contribution in [0.1, 0.15) is 42.1 Å². The van der Waals surface area contributed by atoms with Gasteiger partial charge in [0.15, 0.2) is 0 Å². The lowest BCUT2D eigenvalue weighted by atomic mass is 9.81. The molecular weight excluding hydrogens is 340 g/mol. The molecule has 0 radical (unpaired) electrons. The molecule has 2 aromatic heterocycles. The molecule has 0 aromatic carbocycles. The second-order valence-electron chi connectivity index (χ2n) is 7.05. The van der Waals surface area contributed by atoms with E-state index in [0.717, 1.165) is 18.4 Å². The number of piperidine rings is 1. The first-order valence-corrected chi connectivity index (χ1v) is 9.52. The van der Waals surface area contributed by atoms with E-state index in [2.05, 4.69) is 22.2 Å². The quantitative estimate of drug-likeness (QED) is 0.853. The van der Waals surface area contributed by atoms with Gasteiger partial charge in [-0.05, 0) is 42.0 Å². The first-order valence-electron chi connectivity index (χ1n) is 9.52. The van der Waals surface area contributed by atoms with Gasteiger partial charge in [0.1, 0.15) is 0 Å². The van der Waals surface area contributed by atoms with E-state index in [9.17, 15) is 9.59 Å². The van der Waals surface area contributed by atoms with Crippen LogP contribution < -0.4 is 5.32 Å². The largest absolute Gasteiger partial charge is 0.352 e. The molecule has 1 saturated heterocycles. The predicted octanol–water partition coefficient (Wildman–Crippen LogP) is 2.67. The van der Waals surface area contributed by atoms with Crippen LogP contribution >= 0.6 is 0 Å². The zero-order valence-corrected chi connectivity index (χ0v) is 15.7. The van der Waals surface area contributed by atoms with E-state index in [1.807, 2.05) is 17.0 Å². The molecule has 0 bridgehead atoms. The zero-order chi connectivity index (χ0) is 19.1. The lowest BCUT2D eigenvalue weighted by Gasteiger charge is -2.38. The highest BCUT2D eigenvalue weighted by Crippen LogP contribution is 2.29. The molecule has 2 aromatic rings. The number of aromatic nitrogens is 2. The lowest BCUT2D eigenvalue weighted by Crippen LogP contribution is -2.44. The van der Waals surface area contributed by atoms with Crippen LogP contribution in [0.3, 0.4) is 0 Å².